The predicted octanol–water partition coefficient (Wildman–Crippen LogP) is -10.6. The van der Waals surface area contributed by atoms with E-state index in [1.54, 1.807) is 0 Å². The van der Waals surface area contributed by atoms with Crippen molar-refractivity contribution in [1.82, 2.24) is 0 Å². The zero-order chi connectivity index (χ0) is 15.5. The third-order valence-electron chi connectivity index (χ3n) is 0.805. The summed E-state index contributed by atoms with van der Waals surface area (Å²) in [7, 11) is 0. The molecular weight excluding hydrogens is 302 g/mol. The summed E-state index contributed by atoms with van der Waals surface area (Å²) in [5, 5.41) is 50.3. The van der Waals surface area contributed by atoms with Crippen LogP contribution < -0.4 is 69.3 Å². The van der Waals surface area contributed by atoms with Crippen molar-refractivity contribution in [1.29, 1.82) is 0 Å². The largest absolute Gasteiger partial charge is 1.00 e. The predicted molar refractivity (Wildman–Crippen MR) is 48.6 cm³/mol. The van der Waals surface area contributed by atoms with Gasteiger partial charge in [-0.25, -0.2) is 9.59 Å². The molecule has 0 amide bonds. The number of hydrogen-bond donors (Lipinski definition) is 4. The van der Waals surface area contributed by atoms with Crippen molar-refractivity contribution in [2.75, 3.05) is 0 Å². The van der Waals surface area contributed by atoms with Gasteiger partial charge in [0, 0.05) is 11.9 Å². The van der Waals surface area contributed by atoms with E-state index in [0.717, 1.165) is 13.8 Å². The van der Waals surface area contributed by atoms with Gasteiger partial charge < -0.3 is 40.2 Å². The van der Waals surface area contributed by atoms with Crippen molar-refractivity contribution in [2.45, 2.75) is 26.1 Å². The van der Waals surface area contributed by atoms with E-state index in [0.29, 0.717) is 0 Å². The minimum atomic E-state index is -2.27. The first-order valence-corrected chi connectivity index (χ1v) is 4.10. The summed E-state index contributed by atoms with van der Waals surface area (Å²) in [5.41, 5.74) is 0. The Morgan fingerprint density at radius 3 is 0.900 bits per heavy atom. The summed E-state index contributed by atoms with van der Waals surface area (Å²) in [4.78, 5) is 37.3. The van der Waals surface area contributed by atoms with Crippen molar-refractivity contribution in [3.8, 4) is 0 Å². The third-order valence-corrected chi connectivity index (χ3v) is 0.805. The van der Waals surface area contributed by atoms with Crippen LogP contribution in [0.1, 0.15) is 13.8 Å². The Labute approximate surface area is 158 Å². The first-order chi connectivity index (χ1) is 7.93. The number of carboxylic acids is 4. The molecule has 0 heterocycles. The van der Waals surface area contributed by atoms with Gasteiger partial charge in [-0.2, -0.15) is 0 Å². The Morgan fingerprint density at radius 1 is 0.750 bits per heavy atom. The maximum atomic E-state index is 9.77. The number of aliphatic hydroxyl groups excluding tert-OH is 2. The molecule has 0 bridgehead atoms. The summed E-state index contributed by atoms with van der Waals surface area (Å²) in [5.74, 6) is -5.70. The van der Waals surface area contributed by atoms with Crippen molar-refractivity contribution in [3.05, 3.63) is 0 Å². The van der Waals surface area contributed by atoms with E-state index < -0.39 is 36.1 Å². The molecule has 0 fully saturated rings. The topological polar surface area (TPSA) is 195 Å². The van der Waals surface area contributed by atoms with Gasteiger partial charge in [-0.3, -0.25) is 0 Å². The molecule has 106 valence electrons. The number of carboxylic acid groups (broad SMARTS) is 4. The Bertz CT molecular complexity index is 268. The van der Waals surface area contributed by atoms with E-state index in [2.05, 4.69) is 0 Å². The minimum Gasteiger partial charge on any atom is -0.550 e. The van der Waals surface area contributed by atoms with Gasteiger partial charge in [-0.15, -0.1) is 0 Å². The quantitative estimate of drug-likeness (QED) is 0.363. The summed E-state index contributed by atoms with van der Waals surface area (Å²) in [6.45, 7) is 1.94. The molecule has 0 aromatic carbocycles. The first-order valence-electron chi connectivity index (χ1n) is 4.10. The minimum absolute atomic E-state index is 0. The van der Waals surface area contributed by atoms with Crippen LogP contribution in [0.5, 0.6) is 0 Å². The van der Waals surface area contributed by atoms with Gasteiger partial charge in [0.2, 0.25) is 0 Å². The van der Waals surface area contributed by atoms with Gasteiger partial charge in [0.1, 0.15) is 0 Å². The van der Waals surface area contributed by atoms with Crippen LogP contribution in [-0.4, -0.2) is 56.5 Å². The molecule has 0 aliphatic rings. The molecule has 0 rings (SSSR count). The molecule has 0 aliphatic carbocycles. The third kappa shape index (κ3) is 36.1. The van der Waals surface area contributed by atoms with E-state index in [4.69, 9.17) is 40.2 Å². The zero-order valence-corrected chi connectivity index (χ0v) is 15.4. The van der Waals surface area contributed by atoms with Gasteiger partial charge in [0.15, 0.2) is 12.2 Å². The standard InChI is InChI=1S/C4H6O6.2C2H4O2.2Na/c5-1(3(7)8)2(6)4(9)10;2*1-2(3)4;;/h1-2,5-6H,(H,7,8)(H,9,10);2*1H3,(H,3,4);;/q;;;2*+1/p-2. The van der Waals surface area contributed by atoms with Gasteiger partial charge in [-0.05, 0) is 13.8 Å². The average Bonchev–Trinajstić information content (AvgIpc) is 2.13. The SMILES string of the molecule is CC(=O)[O-].CC(=O)[O-].O=C(O)C(O)C(O)C(=O)O.[Na+].[Na+]. The van der Waals surface area contributed by atoms with Crippen LogP contribution in [0.15, 0.2) is 0 Å². The van der Waals surface area contributed by atoms with E-state index in [1.165, 1.54) is 0 Å². The van der Waals surface area contributed by atoms with Gasteiger partial charge in [0.25, 0.3) is 0 Å². The molecule has 0 aromatic rings. The fraction of sp³-hybridized carbons (Fsp3) is 0.500. The first kappa shape index (κ1) is 31.9. The molecule has 0 saturated carbocycles. The van der Waals surface area contributed by atoms with Crippen molar-refractivity contribution >= 4 is 23.9 Å². The number of aliphatic hydroxyl groups is 2. The molecule has 10 nitrogen and oxygen atoms in total. The maximum absolute atomic E-state index is 9.77. The maximum Gasteiger partial charge on any atom is 1.00 e. The van der Waals surface area contributed by atoms with Gasteiger partial charge in [0.05, 0.1) is 0 Å². The molecule has 0 aliphatic heterocycles. The number of carbonyl (C=O) groups excluding carboxylic acids is 2. The number of hydrogen-bond acceptors (Lipinski definition) is 8. The van der Waals surface area contributed by atoms with Crippen LogP contribution in [0, 0.1) is 0 Å². The van der Waals surface area contributed by atoms with Crippen molar-refractivity contribution in [2.24, 2.45) is 0 Å². The zero-order valence-electron chi connectivity index (χ0n) is 11.4. The Kier molecular flexibility index (Phi) is 30.0. The Hall–Kier alpha value is -0.200. The van der Waals surface area contributed by atoms with Crippen LogP contribution in [0.4, 0.5) is 0 Å². The van der Waals surface area contributed by atoms with Crippen molar-refractivity contribution < 1.29 is 109 Å². The molecule has 4 N–H and O–H groups in total. The van der Waals surface area contributed by atoms with E-state index in [9.17, 15) is 9.59 Å². The molecule has 12 heteroatoms. The molecule has 0 radical (unpaired) electrons. The molecular formula is C8H12Na2O10. The normalized spacial score (nSPS) is 10.4. The summed E-state index contributed by atoms with van der Waals surface area (Å²) >= 11 is 0. The second-order valence-electron chi connectivity index (χ2n) is 2.55. The van der Waals surface area contributed by atoms with E-state index in [-0.39, 0.29) is 59.1 Å². The molecule has 2 unspecified atom stereocenters. The van der Waals surface area contributed by atoms with Crippen LogP contribution in [0.2, 0.25) is 0 Å². The van der Waals surface area contributed by atoms with Crippen molar-refractivity contribution in [3.63, 3.8) is 0 Å². The van der Waals surface area contributed by atoms with Crippen LogP contribution in [0.3, 0.4) is 0 Å². The molecule has 0 saturated heterocycles. The number of aliphatic carboxylic acids is 4. The summed E-state index contributed by atoms with van der Waals surface area (Å²) in [6.07, 6.45) is -4.53. The molecule has 2 atom stereocenters. The average molecular weight is 314 g/mol. The molecule has 0 spiro atoms. The van der Waals surface area contributed by atoms with E-state index >= 15 is 0 Å². The Morgan fingerprint density at radius 2 is 0.850 bits per heavy atom. The van der Waals surface area contributed by atoms with Gasteiger partial charge in [-0.1, -0.05) is 0 Å². The summed E-state index contributed by atoms with van der Waals surface area (Å²) < 4.78 is 0. The smallest absolute Gasteiger partial charge is 0.550 e. The van der Waals surface area contributed by atoms with Gasteiger partial charge >= 0.3 is 71.1 Å². The van der Waals surface area contributed by atoms with Crippen LogP contribution in [-0.2, 0) is 19.2 Å². The number of carbonyl (C=O) groups is 4. The molecule has 0 aromatic heterocycles. The van der Waals surface area contributed by atoms with Crippen LogP contribution in [0.25, 0.3) is 0 Å². The second-order valence-corrected chi connectivity index (χ2v) is 2.55. The Balaban J connectivity index is -0.0000000637. The monoisotopic (exact) mass is 314 g/mol. The molecule has 20 heavy (non-hydrogen) atoms. The van der Waals surface area contributed by atoms with E-state index in [1.807, 2.05) is 0 Å². The summed E-state index contributed by atoms with van der Waals surface area (Å²) in [6, 6.07) is 0. The fourth-order valence-corrected chi connectivity index (χ4v) is 0.270. The number of rotatable bonds is 3. The fourth-order valence-electron chi connectivity index (χ4n) is 0.270. The second kappa shape index (κ2) is 18.8. The van der Waals surface area contributed by atoms with Crippen LogP contribution >= 0.6 is 0 Å².